The van der Waals surface area contributed by atoms with Gasteiger partial charge in [0.2, 0.25) is 5.91 Å². The SMILES string of the molecule is CNCCN(C)C(=O)CCC(=O)c1cc(C)ccc1C. The Bertz CT molecular complexity index is 483. The Morgan fingerprint density at radius 3 is 2.55 bits per heavy atom. The molecule has 0 aromatic heterocycles. The molecular formula is C16H24N2O2. The average Bonchev–Trinajstić information content (AvgIpc) is 2.44. The molecule has 0 heterocycles. The van der Waals surface area contributed by atoms with E-state index in [4.69, 9.17) is 0 Å². The number of Topliss-reactive ketones (excluding diaryl/α,β-unsaturated/α-hetero) is 1. The first-order valence-corrected chi connectivity index (χ1v) is 6.94. The van der Waals surface area contributed by atoms with Gasteiger partial charge in [0.05, 0.1) is 0 Å². The number of aryl methyl sites for hydroxylation is 2. The number of hydrogen-bond donors (Lipinski definition) is 1. The Kier molecular flexibility index (Phi) is 6.39. The zero-order chi connectivity index (χ0) is 15.1. The van der Waals surface area contributed by atoms with Gasteiger partial charge in [-0.15, -0.1) is 0 Å². The summed E-state index contributed by atoms with van der Waals surface area (Å²) in [4.78, 5) is 25.7. The molecule has 0 aliphatic carbocycles. The van der Waals surface area contributed by atoms with Gasteiger partial charge in [0.1, 0.15) is 0 Å². The Balaban J connectivity index is 2.55. The molecule has 0 bridgehead atoms. The van der Waals surface area contributed by atoms with E-state index in [0.29, 0.717) is 6.54 Å². The second kappa shape index (κ2) is 7.80. The van der Waals surface area contributed by atoms with Gasteiger partial charge in [-0.1, -0.05) is 17.7 Å². The highest BCUT2D eigenvalue weighted by Crippen LogP contribution is 2.14. The third kappa shape index (κ3) is 4.78. The lowest BCUT2D eigenvalue weighted by Gasteiger charge is -2.16. The van der Waals surface area contributed by atoms with E-state index in [1.165, 1.54) is 0 Å². The number of carbonyl (C=O) groups is 2. The van der Waals surface area contributed by atoms with Gasteiger partial charge in [-0.25, -0.2) is 0 Å². The summed E-state index contributed by atoms with van der Waals surface area (Å²) in [5.41, 5.74) is 2.77. The van der Waals surface area contributed by atoms with Crippen molar-refractivity contribution in [1.29, 1.82) is 0 Å². The molecule has 20 heavy (non-hydrogen) atoms. The molecule has 4 heteroatoms. The second-order valence-corrected chi connectivity index (χ2v) is 5.16. The largest absolute Gasteiger partial charge is 0.344 e. The highest BCUT2D eigenvalue weighted by molar-refractivity contribution is 5.99. The molecule has 1 aromatic rings. The minimum Gasteiger partial charge on any atom is -0.344 e. The summed E-state index contributed by atoms with van der Waals surface area (Å²) in [5, 5.41) is 3.00. The van der Waals surface area contributed by atoms with Gasteiger partial charge < -0.3 is 10.2 Å². The van der Waals surface area contributed by atoms with Crippen LogP contribution >= 0.6 is 0 Å². The van der Waals surface area contributed by atoms with Gasteiger partial charge >= 0.3 is 0 Å². The van der Waals surface area contributed by atoms with E-state index in [1.807, 2.05) is 39.1 Å². The lowest BCUT2D eigenvalue weighted by Crippen LogP contribution is -2.32. The van der Waals surface area contributed by atoms with Crippen LogP contribution < -0.4 is 5.32 Å². The maximum absolute atomic E-state index is 12.2. The molecule has 0 saturated heterocycles. The lowest BCUT2D eigenvalue weighted by atomic mass is 9.99. The summed E-state index contributed by atoms with van der Waals surface area (Å²) in [6.45, 7) is 5.31. The fourth-order valence-electron chi connectivity index (χ4n) is 1.99. The number of ketones is 1. The molecule has 110 valence electrons. The van der Waals surface area contributed by atoms with Gasteiger partial charge in [0, 0.05) is 38.5 Å². The molecule has 0 atom stereocenters. The van der Waals surface area contributed by atoms with Gasteiger partial charge in [-0.3, -0.25) is 9.59 Å². The van der Waals surface area contributed by atoms with Crippen LogP contribution in [0.3, 0.4) is 0 Å². The number of rotatable bonds is 7. The number of benzene rings is 1. The van der Waals surface area contributed by atoms with Crippen molar-refractivity contribution in [2.24, 2.45) is 0 Å². The molecule has 0 spiro atoms. The third-order valence-electron chi connectivity index (χ3n) is 3.38. The molecule has 0 radical (unpaired) electrons. The van der Waals surface area contributed by atoms with Crippen molar-refractivity contribution >= 4 is 11.7 Å². The fourth-order valence-corrected chi connectivity index (χ4v) is 1.99. The second-order valence-electron chi connectivity index (χ2n) is 5.16. The maximum atomic E-state index is 12.2. The van der Waals surface area contributed by atoms with Gasteiger partial charge in [-0.05, 0) is 32.5 Å². The van der Waals surface area contributed by atoms with Crippen LogP contribution in [0.25, 0.3) is 0 Å². The van der Waals surface area contributed by atoms with Crippen molar-refractivity contribution in [3.63, 3.8) is 0 Å². The lowest BCUT2D eigenvalue weighted by molar-refractivity contribution is -0.129. The molecule has 4 nitrogen and oxygen atoms in total. The Morgan fingerprint density at radius 1 is 1.20 bits per heavy atom. The van der Waals surface area contributed by atoms with Crippen molar-refractivity contribution in [1.82, 2.24) is 10.2 Å². The molecule has 0 saturated carbocycles. The van der Waals surface area contributed by atoms with Crippen molar-refractivity contribution in [3.8, 4) is 0 Å². The van der Waals surface area contributed by atoms with Crippen LogP contribution in [0, 0.1) is 13.8 Å². The van der Waals surface area contributed by atoms with Crippen molar-refractivity contribution in [3.05, 3.63) is 34.9 Å². The Morgan fingerprint density at radius 2 is 1.90 bits per heavy atom. The van der Waals surface area contributed by atoms with E-state index < -0.39 is 0 Å². The maximum Gasteiger partial charge on any atom is 0.222 e. The van der Waals surface area contributed by atoms with E-state index in [1.54, 1.807) is 11.9 Å². The predicted molar refractivity (Wildman–Crippen MR) is 81.0 cm³/mol. The average molecular weight is 276 g/mol. The molecule has 0 unspecified atom stereocenters. The first kappa shape index (κ1) is 16.4. The van der Waals surface area contributed by atoms with Gasteiger partial charge in [-0.2, -0.15) is 0 Å². The topological polar surface area (TPSA) is 49.4 Å². The van der Waals surface area contributed by atoms with Crippen LogP contribution in [0.4, 0.5) is 0 Å². The number of likely N-dealkylation sites (N-methyl/N-ethyl adjacent to an activating group) is 2. The minimum atomic E-state index is 0.0129. The number of amides is 1. The first-order valence-electron chi connectivity index (χ1n) is 6.94. The summed E-state index contributed by atoms with van der Waals surface area (Å²) in [6.07, 6.45) is 0.541. The molecule has 0 fully saturated rings. The van der Waals surface area contributed by atoms with Crippen LogP contribution in [0.2, 0.25) is 0 Å². The van der Waals surface area contributed by atoms with Crippen LogP contribution in [-0.2, 0) is 4.79 Å². The van der Waals surface area contributed by atoms with E-state index in [2.05, 4.69) is 5.32 Å². The van der Waals surface area contributed by atoms with E-state index >= 15 is 0 Å². The van der Waals surface area contributed by atoms with Crippen LogP contribution in [-0.4, -0.2) is 43.8 Å². The summed E-state index contributed by atoms with van der Waals surface area (Å²) in [6, 6.07) is 5.83. The van der Waals surface area contributed by atoms with E-state index in [-0.39, 0.29) is 24.5 Å². The zero-order valence-electron chi connectivity index (χ0n) is 12.8. The van der Waals surface area contributed by atoms with Crippen molar-refractivity contribution in [2.45, 2.75) is 26.7 Å². The fraction of sp³-hybridized carbons (Fsp3) is 0.500. The van der Waals surface area contributed by atoms with E-state index in [0.717, 1.165) is 23.2 Å². The Labute approximate surface area is 121 Å². The summed E-state index contributed by atoms with van der Waals surface area (Å²) in [5.74, 6) is 0.0560. The van der Waals surface area contributed by atoms with Gasteiger partial charge in [0.25, 0.3) is 0 Å². The molecule has 1 rings (SSSR count). The first-order chi connectivity index (χ1) is 9.45. The smallest absolute Gasteiger partial charge is 0.222 e. The summed E-state index contributed by atoms with van der Waals surface area (Å²) in [7, 11) is 3.62. The van der Waals surface area contributed by atoms with Gasteiger partial charge in [0.15, 0.2) is 5.78 Å². The Hall–Kier alpha value is -1.68. The molecular weight excluding hydrogens is 252 g/mol. The standard InChI is InChI=1S/C16H24N2O2/c1-12-5-6-13(2)14(11-12)15(19)7-8-16(20)18(4)10-9-17-3/h5-6,11,17H,7-10H2,1-4H3. The van der Waals surface area contributed by atoms with Crippen molar-refractivity contribution < 1.29 is 9.59 Å². The third-order valence-corrected chi connectivity index (χ3v) is 3.38. The number of nitrogens with one attached hydrogen (secondary N) is 1. The van der Waals surface area contributed by atoms with Crippen LogP contribution in [0.1, 0.15) is 34.3 Å². The minimum absolute atomic E-state index is 0.0129. The van der Waals surface area contributed by atoms with Crippen molar-refractivity contribution in [2.75, 3.05) is 27.2 Å². The number of nitrogens with zero attached hydrogens (tertiary/aromatic N) is 1. The van der Waals surface area contributed by atoms with Crippen LogP contribution in [0.15, 0.2) is 18.2 Å². The quantitative estimate of drug-likeness (QED) is 0.774. The summed E-state index contributed by atoms with van der Waals surface area (Å²) < 4.78 is 0. The molecule has 0 aliphatic rings. The predicted octanol–water partition coefficient (Wildman–Crippen LogP) is 1.94. The molecule has 1 aromatic carbocycles. The molecule has 0 aliphatic heterocycles. The summed E-state index contributed by atoms with van der Waals surface area (Å²) >= 11 is 0. The normalized spacial score (nSPS) is 10.4. The highest BCUT2D eigenvalue weighted by atomic mass is 16.2. The van der Waals surface area contributed by atoms with Crippen LogP contribution in [0.5, 0.6) is 0 Å². The zero-order valence-corrected chi connectivity index (χ0v) is 12.8. The monoisotopic (exact) mass is 276 g/mol. The number of carbonyl (C=O) groups excluding carboxylic acids is 2. The number of hydrogen-bond acceptors (Lipinski definition) is 3. The molecule has 1 N–H and O–H groups in total. The van der Waals surface area contributed by atoms with E-state index in [9.17, 15) is 9.59 Å². The highest BCUT2D eigenvalue weighted by Gasteiger charge is 2.14. The molecule has 1 amide bonds.